The van der Waals surface area contributed by atoms with Crippen LogP contribution in [0.5, 0.6) is 0 Å². The fraction of sp³-hybridized carbons (Fsp3) is 0.455. The smallest absolute Gasteiger partial charge is 0.324 e. The first kappa shape index (κ1) is 11.1. The van der Waals surface area contributed by atoms with Crippen LogP contribution in [-0.2, 0) is 0 Å². The normalized spacial score (nSPS) is 16.9. The summed E-state index contributed by atoms with van der Waals surface area (Å²) in [5.41, 5.74) is 0. The molecule has 1 aromatic heterocycles. The maximum atomic E-state index is 10.5. The van der Waals surface area contributed by atoms with Crippen molar-refractivity contribution in [2.45, 2.75) is 19.3 Å². The highest BCUT2D eigenvalue weighted by Gasteiger charge is 2.08. The molecule has 0 aliphatic carbocycles. The number of nitrogens with zero attached hydrogens (tertiary/aromatic N) is 2. The van der Waals surface area contributed by atoms with Crippen LogP contribution >= 0.6 is 11.3 Å². The molecule has 1 aromatic rings. The summed E-state index contributed by atoms with van der Waals surface area (Å²) in [6.07, 6.45) is 7.82. The van der Waals surface area contributed by atoms with E-state index in [1.54, 1.807) is 12.1 Å². The molecule has 1 aliphatic heterocycles. The van der Waals surface area contributed by atoms with Gasteiger partial charge in [0, 0.05) is 30.2 Å². The standard InChI is InChI=1S/C11H14N2O2S/c14-13(15)11-5-4-10(16-11)6-9-12-7-2-1-3-8-12/h4-6,9H,1-3,7-8H2/b9-6+. The van der Waals surface area contributed by atoms with Crippen LogP contribution in [-0.4, -0.2) is 22.9 Å². The van der Waals surface area contributed by atoms with E-state index in [0.29, 0.717) is 0 Å². The molecule has 1 fully saturated rings. The summed E-state index contributed by atoms with van der Waals surface area (Å²) >= 11 is 1.22. The molecule has 2 rings (SSSR count). The first-order valence-electron chi connectivity index (χ1n) is 5.42. The fourth-order valence-corrected chi connectivity index (χ4v) is 2.49. The van der Waals surface area contributed by atoms with Crippen LogP contribution in [0.4, 0.5) is 5.00 Å². The molecule has 2 heterocycles. The Hall–Kier alpha value is -1.36. The maximum absolute atomic E-state index is 10.5. The summed E-state index contributed by atoms with van der Waals surface area (Å²) in [7, 11) is 0. The minimum atomic E-state index is -0.344. The summed E-state index contributed by atoms with van der Waals surface area (Å²) < 4.78 is 0. The van der Waals surface area contributed by atoms with Crippen molar-refractivity contribution >= 4 is 22.4 Å². The van der Waals surface area contributed by atoms with Gasteiger partial charge in [0.05, 0.1) is 4.92 Å². The molecule has 0 unspecified atom stereocenters. The molecule has 0 aromatic carbocycles. The Kier molecular flexibility index (Phi) is 3.56. The van der Waals surface area contributed by atoms with E-state index in [1.165, 1.54) is 30.6 Å². The van der Waals surface area contributed by atoms with Crippen LogP contribution in [0.3, 0.4) is 0 Å². The third-order valence-electron chi connectivity index (χ3n) is 2.63. The Bertz CT molecular complexity index is 394. The lowest BCUT2D eigenvalue weighted by atomic mass is 10.1. The van der Waals surface area contributed by atoms with E-state index in [2.05, 4.69) is 11.1 Å². The molecule has 4 nitrogen and oxygen atoms in total. The quantitative estimate of drug-likeness (QED) is 0.600. The van der Waals surface area contributed by atoms with Crippen molar-refractivity contribution in [3.05, 3.63) is 33.3 Å². The molecule has 0 spiro atoms. The lowest BCUT2D eigenvalue weighted by Gasteiger charge is -2.24. The molecule has 16 heavy (non-hydrogen) atoms. The lowest BCUT2D eigenvalue weighted by molar-refractivity contribution is -0.380. The Balaban J connectivity index is 1.96. The monoisotopic (exact) mass is 238 g/mol. The zero-order valence-electron chi connectivity index (χ0n) is 8.96. The van der Waals surface area contributed by atoms with Crippen LogP contribution in [0.2, 0.25) is 0 Å². The topological polar surface area (TPSA) is 46.4 Å². The summed E-state index contributed by atoms with van der Waals surface area (Å²) in [5.74, 6) is 0. The molecule has 86 valence electrons. The number of piperidine rings is 1. The fourth-order valence-electron chi connectivity index (χ4n) is 1.78. The maximum Gasteiger partial charge on any atom is 0.324 e. The van der Waals surface area contributed by atoms with Gasteiger partial charge in [-0.25, -0.2) is 0 Å². The molecule has 0 atom stereocenters. The average Bonchev–Trinajstić information content (AvgIpc) is 2.76. The molecule has 0 bridgehead atoms. The van der Waals surface area contributed by atoms with Crippen molar-refractivity contribution in [1.29, 1.82) is 0 Å². The van der Waals surface area contributed by atoms with Crippen molar-refractivity contribution < 1.29 is 4.92 Å². The number of likely N-dealkylation sites (tertiary alicyclic amines) is 1. The molecular weight excluding hydrogens is 224 g/mol. The van der Waals surface area contributed by atoms with Crippen LogP contribution in [0.15, 0.2) is 18.3 Å². The average molecular weight is 238 g/mol. The van der Waals surface area contributed by atoms with Gasteiger partial charge in [0.2, 0.25) is 0 Å². The number of nitro groups is 1. The van der Waals surface area contributed by atoms with Crippen molar-refractivity contribution in [3.8, 4) is 0 Å². The van der Waals surface area contributed by atoms with Gasteiger partial charge >= 0.3 is 5.00 Å². The first-order chi connectivity index (χ1) is 7.75. The van der Waals surface area contributed by atoms with E-state index < -0.39 is 0 Å². The van der Waals surface area contributed by atoms with E-state index in [1.807, 2.05) is 6.08 Å². The predicted octanol–water partition coefficient (Wildman–Crippen LogP) is 3.11. The molecule has 5 heteroatoms. The van der Waals surface area contributed by atoms with Gasteiger partial charge in [0.1, 0.15) is 0 Å². The Morgan fingerprint density at radius 2 is 2.06 bits per heavy atom. The molecular formula is C11H14N2O2S. The minimum Gasteiger partial charge on any atom is -0.377 e. The van der Waals surface area contributed by atoms with Gasteiger partial charge in [-0.15, -0.1) is 0 Å². The zero-order valence-corrected chi connectivity index (χ0v) is 9.78. The molecule has 0 N–H and O–H groups in total. The van der Waals surface area contributed by atoms with Gasteiger partial charge in [-0.1, -0.05) is 11.3 Å². The van der Waals surface area contributed by atoms with E-state index in [-0.39, 0.29) is 9.92 Å². The highest BCUT2D eigenvalue weighted by Crippen LogP contribution is 2.25. The third kappa shape index (κ3) is 2.82. The molecule has 0 saturated carbocycles. The van der Waals surface area contributed by atoms with Gasteiger partial charge in [-0.2, -0.15) is 0 Å². The summed E-state index contributed by atoms with van der Waals surface area (Å²) in [6.45, 7) is 2.20. The van der Waals surface area contributed by atoms with E-state index >= 15 is 0 Å². The second-order valence-corrected chi connectivity index (χ2v) is 4.94. The number of thiophene rings is 1. The van der Waals surface area contributed by atoms with Gasteiger partial charge in [0.15, 0.2) is 0 Å². The SMILES string of the molecule is O=[N+]([O-])c1ccc(/C=C/N2CCCCC2)s1. The Morgan fingerprint density at radius 1 is 1.31 bits per heavy atom. The predicted molar refractivity (Wildman–Crippen MR) is 65.4 cm³/mol. The Labute approximate surface area is 98.3 Å². The second-order valence-electron chi connectivity index (χ2n) is 3.85. The van der Waals surface area contributed by atoms with Crippen LogP contribution < -0.4 is 0 Å². The van der Waals surface area contributed by atoms with E-state index in [4.69, 9.17) is 0 Å². The molecule has 1 saturated heterocycles. The lowest BCUT2D eigenvalue weighted by Crippen LogP contribution is -2.23. The highest BCUT2D eigenvalue weighted by molar-refractivity contribution is 7.16. The van der Waals surface area contributed by atoms with Crippen molar-refractivity contribution in [3.63, 3.8) is 0 Å². The van der Waals surface area contributed by atoms with Gasteiger partial charge in [0.25, 0.3) is 0 Å². The summed E-state index contributed by atoms with van der Waals surface area (Å²) in [5, 5.41) is 10.7. The van der Waals surface area contributed by atoms with Gasteiger partial charge < -0.3 is 4.90 Å². The van der Waals surface area contributed by atoms with Crippen LogP contribution in [0, 0.1) is 10.1 Å². The largest absolute Gasteiger partial charge is 0.377 e. The number of hydrogen-bond acceptors (Lipinski definition) is 4. The van der Waals surface area contributed by atoms with Crippen molar-refractivity contribution in [2.75, 3.05) is 13.1 Å². The van der Waals surface area contributed by atoms with Gasteiger partial charge in [-0.3, -0.25) is 10.1 Å². The third-order valence-corrected chi connectivity index (χ3v) is 3.63. The van der Waals surface area contributed by atoms with E-state index in [9.17, 15) is 10.1 Å². The second kappa shape index (κ2) is 5.12. The summed E-state index contributed by atoms with van der Waals surface area (Å²) in [6, 6.07) is 3.35. The van der Waals surface area contributed by atoms with Crippen LogP contribution in [0.1, 0.15) is 24.1 Å². The molecule has 0 amide bonds. The molecule has 1 aliphatic rings. The minimum absolute atomic E-state index is 0.207. The van der Waals surface area contributed by atoms with Crippen LogP contribution in [0.25, 0.3) is 6.08 Å². The van der Waals surface area contributed by atoms with Crippen molar-refractivity contribution in [1.82, 2.24) is 4.90 Å². The van der Waals surface area contributed by atoms with E-state index in [0.717, 1.165) is 18.0 Å². The molecule has 0 radical (unpaired) electrons. The highest BCUT2D eigenvalue weighted by atomic mass is 32.1. The van der Waals surface area contributed by atoms with Crippen molar-refractivity contribution in [2.24, 2.45) is 0 Å². The summed E-state index contributed by atoms with van der Waals surface area (Å²) in [4.78, 5) is 13.4. The number of rotatable bonds is 3. The zero-order chi connectivity index (χ0) is 11.4. The Morgan fingerprint density at radius 3 is 2.69 bits per heavy atom. The van der Waals surface area contributed by atoms with Gasteiger partial charge in [-0.05, 0) is 31.4 Å². The first-order valence-corrected chi connectivity index (χ1v) is 6.24. The number of hydrogen-bond donors (Lipinski definition) is 0.